The lowest BCUT2D eigenvalue weighted by atomic mass is 10.0. The van der Waals surface area contributed by atoms with Crippen LogP contribution in [0.15, 0.2) is 168 Å². The standard InChI is InChI=1S/C44H29N5O/c1-3-11-28(12-4-1)42-46-43(29-13-5-2-6-14-29)48-44(47-42)32-21-24-41(45-27-32)49-37-17-9-7-15-33(37)34-22-19-30(25-38(34)49)31-20-23-36-35-16-8-10-18-39(35)50-40(36)26-31/h1-27,41,45H. The van der Waals surface area contributed by atoms with Gasteiger partial charge in [0.2, 0.25) is 0 Å². The highest BCUT2D eigenvalue weighted by Gasteiger charge is 2.20. The Morgan fingerprint density at radius 3 is 1.78 bits per heavy atom. The topological polar surface area (TPSA) is 68.8 Å². The maximum atomic E-state index is 6.24. The molecule has 0 fully saturated rings. The van der Waals surface area contributed by atoms with Gasteiger partial charge in [-0.25, -0.2) is 15.0 Å². The SMILES string of the molecule is C1=CC(n2c3ccccc3c3ccc(-c4ccc5c(c4)oc4ccccc45)cc32)NC=C1c1nc(-c2ccccc2)nc(-c2ccccc2)n1. The highest BCUT2D eigenvalue weighted by molar-refractivity contribution is 6.10. The van der Waals surface area contributed by atoms with Gasteiger partial charge in [-0.2, -0.15) is 0 Å². The molecule has 1 aliphatic rings. The van der Waals surface area contributed by atoms with E-state index in [9.17, 15) is 0 Å². The summed E-state index contributed by atoms with van der Waals surface area (Å²) in [4.78, 5) is 14.7. The van der Waals surface area contributed by atoms with Crippen molar-refractivity contribution < 1.29 is 4.42 Å². The molecule has 1 aliphatic heterocycles. The van der Waals surface area contributed by atoms with E-state index in [0.717, 1.165) is 60.8 Å². The predicted octanol–water partition coefficient (Wildman–Crippen LogP) is 10.6. The molecule has 6 nitrogen and oxygen atoms in total. The summed E-state index contributed by atoms with van der Waals surface area (Å²) < 4.78 is 8.61. The molecule has 236 valence electrons. The Morgan fingerprint density at radius 1 is 0.480 bits per heavy atom. The van der Waals surface area contributed by atoms with Crippen molar-refractivity contribution in [3.05, 3.63) is 170 Å². The predicted molar refractivity (Wildman–Crippen MR) is 202 cm³/mol. The second-order valence-electron chi connectivity index (χ2n) is 12.5. The van der Waals surface area contributed by atoms with Crippen molar-refractivity contribution in [3.63, 3.8) is 0 Å². The zero-order valence-corrected chi connectivity index (χ0v) is 26.9. The molecular formula is C44H29N5O. The van der Waals surface area contributed by atoms with E-state index in [0.29, 0.717) is 17.5 Å². The lowest BCUT2D eigenvalue weighted by molar-refractivity contribution is 0.579. The van der Waals surface area contributed by atoms with Crippen molar-refractivity contribution in [2.24, 2.45) is 0 Å². The van der Waals surface area contributed by atoms with E-state index in [1.165, 1.54) is 10.8 Å². The summed E-state index contributed by atoms with van der Waals surface area (Å²) in [5.41, 5.74) is 9.12. The third kappa shape index (κ3) is 4.69. The summed E-state index contributed by atoms with van der Waals surface area (Å²) in [6.07, 6.45) is 6.18. The Kier molecular flexibility index (Phi) is 6.45. The number of benzene rings is 6. The first-order valence-corrected chi connectivity index (χ1v) is 16.7. The number of rotatable bonds is 5. The molecule has 9 aromatic rings. The first kappa shape index (κ1) is 28.2. The van der Waals surface area contributed by atoms with Crippen molar-refractivity contribution in [2.75, 3.05) is 0 Å². The van der Waals surface area contributed by atoms with E-state index in [-0.39, 0.29) is 6.17 Å². The van der Waals surface area contributed by atoms with Gasteiger partial charge in [0.15, 0.2) is 17.5 Å². The molecule has 0 radical (unpaired) electrons. The van der Waals surface area contributed by atoms with Crippen molar-refractivity contribution >= 4 is 49.3 Å². The average molecular weight is 644 g/mol. The van der Waals surface area contributed by atoms with Crippen LogP contribution in [0.25, 0.3) is 83.2 Å². The largest absolute Gasteiger partial charge is 0.456 e. The average Bonchev–Trinajstić information content (AvgIpc) is 3.73. The lowest BCUT2D eigenvalue weighted by Gasteiger charge is -2.22. The molecule has 0 aliphatic carbocycles. The Hall–Kier alpha value is -6.79. The van der Waals surface area contributed by atoms with Gasteiger partial charge in [0.1, 0.15) is 17.3 Å². The number of dihydropyridines is 1. The van der Waals surface area contributed by atoms with E-state index < -0.39 is 0 Å². The fourth-order valence-corrected chi connectivity index (χ4v) is 7.10. The molecule has 0 spiro atoms. The molecule has 0 saturated carbocycles. The number of fused-ring (bicyclic) bond motifs is 6. The van der Waals surface area contributed by atoms with Crippen molar-refractivity contribution in [1.29, 1.82) is 0 Å². The van der Waals surface area contributed by atoms with E-state index in [1.807, 2.05) is 79.0 Å². The number of aromatic nitrogens is 4. The molecule has 1 N–H and O–H groups in total. The number of nitrogens with one attached hydrogen (secondary N) is 1. The maximum Gasteiger partial charge on any atom is 0.165 e. The van der Waals surface area contributed by atoms with Crippen LogP contribution in [-0.4, -0.2) is 19.5 Å². The molecular weight excluding hydrogens is 615 g/mol. The van der Waals surface area contributed by atoms with Gasteiger partial charge in [0.25, 0.3) is 0 Å². The molecule has 1 unspecified atom stereocenters. The van der Waals surface area contributed by atoms with Crippen LogP contribution >= 0.6 is 0 Å². The van der Waals surface area contributed by atoms with E-state index in [4.69, 9.17) is 19.4 Å². The fraction of sp³-hybridized carbons (Fsp3) is 0.0227. The number of furan rings is 1. The van der Waals surface area contributed by atoms with Gasteiger partial charge < -0.3 is 14.3 Å². The Balaban J connectivity index is 1.05. The number of allylic oxidation sites excluding steroid dienone is 2. The number of hydrogen-bond acceptors (Lipinski definition) is 5. The van der Waals surface area contributed by atoms with Crippen LogP contribution in [0, 0.1) is 0 Å². The van der Waals surface area contributed by atoms with Crippen LogP contribution in [0.3, 0.4) is 0 Å². The summed E-state index contributed by atoms with van der Waals surface area (Å²) in [6.45, 7) is 0. The molecule has 50 heavy (non-hydrogen) atoms. The van der Waals surface area contributed by atoms with Crippen LogP contribution in [0.1, 0.15) is 12.0 Å². The smallest absolute Gasteiger partial charge is 0.165 e. The highest BCUT2D eigenvalue weighted by atomic mass is 16.3. The Bertz CT molecular complexity index is 2740. The first-order chi connectivity index (χ1) is 24.8. The van der Waals surface area contributed by atoms with Gasteiger partial charge >= 0.3 is 0 Å². The van der Waals surface area contributed by atoms with E-state index in [1.54, 1.807) is 0 Å². The van der Waals surface area contributed by atoms with Gasteiger partial charge in [-0.1, -0.05) is 115 Å². The normalized spacial score (nSPS) is 14.4. The molecule has 0 saturated heterocycles. The first-order valence-electron chi connectivity index (χ1n) is 16.7. The molecule has 6 heteroatoms. The summed E-state index contributed by atoms with van der Waals surface area (Å²) >= 11 is 0. The van der Waals surface area contributed by atoms with Crippen LogP contribution < -0.4 is 5.32 Å². The third-order valence-electron chi connectivity index (χ3n) is 9.53. The van der Waals surface area contributed by atoms with Gasteiger partial charge in [0, 0.05) is 44.4 Å². The van der Waals surface area contributed by atoms with Gasteiger partial charge in [-0.3, -0.25) is 0 Å². The summed E-state index contributed by atoms with van der Waals surface area (Å²) in [5, 5.41) is 8.35. The highest BCUT2D eigenvalue weighted by Crippen LogP contribution is 2.37. The molecule has 4 heterocycles. The second-order valence-corrected chi connectivity index (χ2v) is 12.5. The minimum absolute atomic E-state index is 0.127. The summed E-state index contributed by atoms with van der Waals surface area (Å²) in [7, 11) is 0. The monoisotopic (exact) mass is 643 g/mol. The zero-order chi connectivity index (χ0) is 33.0. The molecule has 3 aromatic heterocycles. The van der Waals surface area contributed by atoms with Crippen LogP contribution in [-0.2, 0) is 0 Å². The molecule has 10 rings (SSSR count). The molecule has 6 aromatic carbocycles. The minimum Gasteiger partial charge on any atom is -0.456 e. The fourth-order valence-electron chi connectivity index (χ4n) is 7.10. The molecule has 0 bridgehead atoms. The van der Waals surface area contributed by atoms with Gasteiger partial charge in [-0.05, 0) is 53.6 Å². The minimum atomic E-state index is -0.127. The lowest BCUT2D eigenvalue weighted by Crippen LogP contribution is -2.23. The van der Waals surface area contributed by atoms with Crippen LogP contribution in [0.2, 0.25) is 0 Å². The van der Waals surface area contributed by atoms with Crippen molar-refractivity contribution in [3.8, 4) is 33.9 Å². The summed E-state index contributed by atoms with van der Waals surface area (Å²) in [5.74, 6) is 1.90. The van der Waals surface area contributed by atoms with E-state index in [2.05, 4.69) is 94.8 Å². The van der Waals surface area contributed by atoms with Crippen molar-refractivity contribution in [2.45, 2.75) is 6.17 Å². The van der Waals surface area contributed by atoms with Crippen LogP contribution in [0.4, 0.5) is 0 Å². The summed E-state index contributed by atoms with van der Waals surface area (Å²) in [6, 6.07) is 50.1. The van der Waals surface area contributed by atoms with Gasteiger partial charge in [0.05, 0.1) is 11.0 Å². The third-order valence-corrected chi connectivity index (χ3v) is 9.53. The Labute approximate surface area is 287 Å². The Morgan fingerprint density at radius 2 is 1.06 bits per heavy atom. The number of hydrogen-bond donors (Lipinski definition) is 1. The molecule has 0 amide bonds. The van der Waals surface area contributed by atoms with Crippen LogP contribution in [0.5, 0.6) is 0 Å². The quantitative estimate of drug-likeness (QED) is 0.202. The number of para-hydroxylation sites is 2. The maximum absolute atomic E-state index is 6.24. The van der Waals surface area contributed by atoms with E-state index >= 15 is 0 Å². The second kappa shape index (κ2) is 11.4. The van der Waals surface area contributed by atoms with Gasteiger partial charge in [-0.15, -0.1) is 0 Å². The van der Waals surface area contributed by atoms with Crippen molar-refractivity contribution in [1.82, 2.24) is 24.8 Å². The molecule has 1 atom stereocenters. The zero-order valence-electron chi connectivity index (χ0n) is 26.9. The number of nitrogens with zero attached hydrogens (tertiary/aromatic N) is 4.